The predicted molar refractivity (Wildman–Crippen MR) is 85.9 cm³/mol. The summed E-state index contributed by atoms with van der Waals surface area (Å²) in [6, 6.07) is 4.30. The molecule has 2 saturated heterocycles. The van der Waals surface area contributed by atoms with E-state index < -0.39 is 5.79 Å². The van der Waals surface area contributed by atoms with Crippen LogP contribution in [-0.2, 0) is 27.2 Å². The van der Waals surface area contributed by atoms with Crippen LogP contribution in [-0.4, -0.2) is 49.4 Å². The molecule has 2 aliphatic rings. The minimum absolute atomic E-state index is 0.167. The number of piperidine rings is 1. The molecule has 5 nitrogen and oxygen atoms in total. The molecule has 22 heavy (non-hydrogen) atoms. The molecule has 1 amide bonds. The third-order valence-electron chi connectivity index (χ3n) is 4.33. The molecule has 3 heterocycles. The third-order valence-corrected chi connectivity index (χ3v) is 5.56. The second kappa shape index (κ2) is 7.08. The van der Waals surface area contributed by atoms with Gasteiger partial charge in [0.05, 0.1) is 19.8 Å². The Balaban J connectivity index is 1.39. The van der Waals surface area contributed by atoms with E-state index >= 15 is 0 Å². The smallest absolute Gasteiger partial charge is 0.236 e. The lowest BCUT2D eigenvalue weighted by atomic mass is 10.0. The van der Waals surface area contributed by atoms with Crippen LogP contribution in [0.5, 0.6) is 0 Å². The third kappa shape index (κ3) is 3.68. The number of rotatable bonds is 5. The van der Waals surface area contributed by atoms with Crippen LogP contribution in [0.1, 0.15) is 29.5 Å². The Labute approximate surface area is 135 Å². The second-order valence-corrected chi connectivity index (χ2v) is 7.07. The van der Waals surface area contributed by atoms with Crippen molar-refractivity contribution in [1.29, 1.82) is 0 Å². The molecule has 0 saturated carbocycles. The van der Waals surface area contributed by atoms with Crippen LogP contribution in [0, 0.1) is 0 Å². The van der Waals surface area contributed by atoms with Crippen molar-refractivity contribution in [2.75, 3.05) is 32.8 Å². The fourth-order valence-electron chi connectivity index (χ4n) is 2.99. The van der Waals surface area contributed by atoms with E-state index in [2.05, 4.69) is 24.4 Å². The summed E-state index contributed by atoms with van der Waals surface area (Å²) in [4.78, 5) is 16.8. The predicted octanol–water partition coefficient (Wildman–Crippen LogP) is 1.77. The first-order valence-corrected chi connectivity index (χ1v) is 8.86. The number of hydrogen-bond acceptors (Lipinski definition) is 5. The molecule has 0 atom stereocenters. The lowest BCUT2D eigenvalue weighted by Gasteiger charge is -2.37. The van der Waals surface area contributed by atoms with E-state index in [1.165, 1.54) is 9.75 Å². The number of aryl methyl sites for hydroxylation is 1. The molecule has 2 fully saturated rings. The first-order valence-electron chi connectivity index (χ1n) is 8.05. The highest BCUT2D eigenvalue weighted by atomic mass is 32.1. The molecular weight excluding hydrogens is 300 g/mol. The van der Waals surface area contributed by atoms with Gasteiger partial charge < -0.3 is 19.7 Å². The zero-order chi connectivity index (χ0) is 15.4. The summed E-state index contributed by atoms with van der Waals surface area (Å²) in [5.74, 6) is -0.238. The molecule has 0 aliphatic carbocycles. The topological polar surface area (TPSA) is 50.8 Å². The van der Waals surface area contributed by atoms with Crippen molar-refractivity contribution in [2.24, 2.45) is 0 Å². The van der Waals surface area contributed by atoms with Crippen molar-refractivity contribution in [3.05, 3.63) is 21.9 Å². The van der Waals surface area contributed by atoms with Gasteiger partial charge in [0.1, 0.15) is 0 Å². The lowest BCUT2D eigenvalue weighted by molar-refractivity contribution is -0.187. The summed E-state index contributed by atoms with van der Waals surface area (Å²) in [6.07, 6.45) is 2.64. The molecule has 6 heteroatoms. The van der Waals surface area contributed by atoms with E-state index in [4.69, 9.17) is 9.47 Å². The normalized spacial score (nSPS) is 20.7. The van der Waals surface area contributed by atoms with Gasteiger partial charge in [-0.2, -0.15) is 0 Å². The van der Waals surface area contributed by atoms with Gasteiger partial charge in [-0.25, -0.2) is 0 Å². The fourth-order valence-corrected chi connectivity index (χ4v) is 3.92. The molecule has 122 valence electrons. The first-order chi connectivity index (χ1) is 10.7. The quantitative estimate of drug-likeness (QED) is 0.897. The Hall–Kier alpha value is -0.950. The van der Waals surface area contributed by atoms with Gasteiger partial charge in [-0.15, -0.1) is 11.3 Å². The Morgan fingerprint density at radius 1 is 1.27 bits per heavy atom. The molecule has 1 aromatic rings. The van der Waals surface area contributed by atoms with Crippen molar-refractivity contribution in [3.63, 3.8) is 0 Å². The average molecular weight is 324 g/mol. The molecule has 0 bridgehead atoms. The van der Waals surface area contributed by atoms with E-state index in [0.29, 0.717) is 19.8 Å². The summed E-state index contributed by atoms with van der Waals surface area (Å²) in [6.45, 7) is 6.12. The summed E-state index contributed by atoms with van der Waals surface area (Å²) < 4.78 is 11.4. The fraction of sp³-hybridized carbons (Fsp3) is 0.688. The van der Waals surface area contributed by atoms with Crippen LogP contribution in [0.25, 0.3) is 0 Å². The first kappa shape index (κ1) is 15.9. The van der Waals surface area contributed by atoms with E-state index in [0.717, 1.165) is 38.9 Å². The number of nitrogens with one attached hydrogen (secondary N) is 1. The Kier molecular flexibility index (Phi) is 5.13. The maximum Gasteiger partial charge on any atom is 0.236 e. The van der Waals surface area contributed by atoms with E-state index in [1.807, 2.05) is 16.2 Å². The maximum absolute atomic E-state index is 12.2. The summed E-state index contributed by atoms with van der Waals surface area (Å²) in [5.41, 5.74) is 0. The minimum atomic E-state index is -0.405. The largest absolute Gasteiger partial charge is 0.347 e. The number of ether oxygens (including phenoxy) is 2. The molecular formula is C16H24N2O3S. The van der Waals surface area contributed by atoms with Crippen molar-refractivity contribution in [3.8, 4) is 0 Å². The number of carbonyl (C=O) groups is 1. The van der Waals surface area contributed by atoms with Gasteiger partial charge in [0.2, 0.25) is 5.91 Å². The van der Waals surface area contributed by atoms with Gasteiger partial charge in [0.15, 0.2) is 5.79 Å². The van der Waals surface area contributed by atoms with Crippen LogP contribution < -0.4 is 5.32 Å². The van der Waals surface area contributed by atoms with Crippen LogP contribution >= 0.6 is 11.3 Å². The Morgan fingerprint density at radius 2 is 1.95 bits per heavy atom. The van der Waals surface area contributed by atoms with Gasteiger partial charge in [-0.05, 0) is 18.6 Å². The van der Waals surface area contributed by atoms with Crippen LogP contribution in [0.4, 0.5) is 0 Å². The number of likely N-dealkylation sites (tertiary alicyclic amines) is 1. The van der Waals surface area contributed by atoms with E-state index in [1.54, 1.807) is 0 Å². The summed E-state index contributed by atoms with van der Waals surface area (Å²) >= 11 is 1.81. The number of hydrogen-bond donors (Lipinski definition) is 1. The van der Waals surface area contributed by atoms with Crippen molar-refractivity contribution < 1.29 is 14.3 Å². The molecule has 1 spiro atoms. The minimum Gasteiger partial charge on any atom is -0.347 e. The van der Waals surface area contributed by atoms with E-state index in [-0.39, 0.29) is 5.91 Å². The van der Waals surface area contributed by atoms with Crippen LogP contribution in [0.15, 0.2) is 12.1 Å². The highest BCUT2D eigenvalue weighted by Gasteiger charge is 2.40. The molecule has 3 rings (SSSR count). The standard InChI is InChI=1S/C16H24N2O3S/c1-2-13-3-4-14(22-13)11-17-12-15(19)18-7-5-16(6-8-18)20-9-10-21-16/h3-4,17H,2,5-12H2,1H3. The summed E-state index contributed by atoms with van der Waals surface area (Å²) in [5, 5.41) is 3.25. The van der Waals surface area contributed by atoms with Crippen molar-refractivity contribution in [1.82, 2.24) is 10.2 Å². The molecule has 0 aromatic carbocycles. The van der Waals surface area contributed by atoms with Crippen LogP contribution in [0.3, 0.4) is 0 Å². The lowest BCUT2D eigenvalue weighted by Crippen LogP contribution is -2.49. The van der Waals surface area contributed by atoms with Gasteiger partial charge in [-0.1, -0.05) is 6.92 Å². The zero-order valence-corrected chi connectivity index (χ0v) is 13.9. The van der Waals surface area contributed by atoms with Gasteiger partial charge >= 0.3 is 0 Å². The molecule has 1 N–H and O–H groups in total. The second-order valence-electron chi connectivity index (χ2n) is 5.81. The van der Waals surface area contributed by atoms with Gasteiger partial charge in [-0.3, -0.25) is 4.79 Å². The number of amides is 1. The van der Waals surface area contributed by atoms with Gasteiger partial charge in [0, 0.05) is 42.2 Å². The Morgan fingerprint density at radius 3 is 2.59 bits per heavy atom. The molecule has 0 radical (unpaired) electrons. The molecule has 1 aromatic heterocycles. The highest BCUT2D eigenvalue weighted by molar-refractivity contribution is 7.11. The average Bonchev–Trinajstić information content (AvgIpc) is 3.18. The van der Waals surface area contributed by atoms with Crippen molar-refractivity contribution >= 4 is 17.2 Å². The molecule has 0 unspecified atom stereocenters. The van der Waals surface area contributed by atoms with Crippen molar-refractivity contribution in [2.45, 2.75) is 38.5 Å². The number of carbonyl (C=O) groups excluding carboxylic acids is 1. The van der Waals surface area contributed by atoms with Crippen LogP contribution in [0.2, 0.25) is 0 Å². The van der Waals surface area contributed by atoms with E-state index in [9.17, 15) is 4.79 Å². The van der Waals surface area contributed by atoms with Gasteiger partial charge in [0.25, 0.3) is 0 Å². The summed E-state index contributed by atoms with van der Waals surface area (Å²) in [7, 11) is 0. The monoisotopic (exact) mass is 324 g/mol. The SMILES string of the molecule is CCc1ccc(CNCC(=O)N2CCC3(CC2)OCCO3)s1. The maximum atomic E-state index is 12.2. The highest BCUT2D eigenvalue weighted by Crippen LogP contribution is 2.31. The molecule has 2 aliphatic heterocycles. The Bertz CT molecular complexity index is 501. The number of thiophene rings is 1. The number of nitrogens with zero attached hydrogens (tertiary/aromatic N) is 1. The zero-order valence-electron chi connectivity index (χ0n) is 13.1.